The van der Waals surface area contributed by atoms with Gasteiger partial charge in [0.05, 0.1) is 24.8 Å². The predicted molar refractivity (Wildman–Crippen MR) is 75.1 cm³/mol. The zero-order valence-corrected chi connectivity index (χ0v) is 12.7. The zero-order chi connectivity index (χ0) is 14.6. The van der Waals surface area contributed by atoms with Crippen LogP contribution in [0.15, 0.2) is 16.1 Å². The van der Waals surface area contributed by atoms with Gasteiger partial charge >= 0.3 is 0 Å². The molecule has 0 saturated heterocycles. The Morgan fingerprint density at radius 1 is 1.53 bits per heavy atom. The normalized spacial score (nSPS) is 11.8. The zero-order valence-electron chi connectivity index (χ0n) is 11.8. The average Bonchev–Trinajstić information content (AvgIpc) is 2.35. The van der Waals surface area contributed by atoms with E-state index in [1.54, 1.807) is 19.3 Å². The lowest BCUT2D eigenvalue weighted by molar-refractivity contribution is 0.398. The van der Waals surface area contributed by atoms with E-state index in [1.807, 2.05) is 18.9 Å². The van der Waals surface area contributed by atoms with Crippen LogP contribution in [0.4, 0.5) is 5.69 Å². The number of hydrogen-bond donors (Lipinski definition) is 0. The number of sulfone groups is 1. The molecule has 0 atom stereocenters. The molecule has 1 rings (SSSR count). The summed E-state index contributed by atoms with van der Waals surface area (Å²) in [5, 5.41) is -0.0599. The largest absolute Gasteiger partial charge is 0.494 e. The summed E-state index contributed by atoms with van der Waals surface area (Å²) in [5.74, 6) is 0.208. The van der Waals surface area contributed by atoms with Gasteiger partial charge < -0.3 is 9.64 Å². The Hall–Kier alpha value is -1.63. The van der Waals surface area contributed by atoms with Crippen molar-refractivity contribution in [1.29, 1.82) is 0 Å². The van der Waals surface area contributed by atoms with Gasteiger partial charge in [0, 0.05) is 25.9 Å². The Bertz CT molecular complexity index is 582. The number of aromatic nitrogens is 1. The van der Waals surface area contributed by atoms with E-state index in [0.29, 0.717) is 11.4 Å². The second-order valence-electron chi connectivity index (χ2n) is 4.19. The van der Waals surface area contributed by atoms with Crippen LogP contribution in [0.2, 0.25) is 0 Å². The van der Waals surface area contributed by atoms with Gasteiger partial charge in [-0.25, -0.2) is 18.4 Å². The summed E-state index contributed by atoms with van der Waals surface area (Å²) >= 11 is 0. The maximum absolute atomic E-state index is 11.6. The van der Waals surface area contributed by atoms with Crippen molar-refractivity contribution in [2.75, 3.05) is 27.0 Å². The van der Waals surface area contributed by atoms with Gasteiger partial charge in [0.25, 0.3) is 0 Å². The maximum atomic E-state index is 11.6. The smallest absolute Gasteiger partial charge is 0.197 e. The first-order chi connectivity index (χ1) is 8.79. The lowest BCUT2D eigenvalue weighted by Gasteiger charge is -2.11. The third kappa shape index (κ3) is 3.92. The number of methoxy groups -OCH3 is 1. The maximum Gasteiger partial charge on any atom is 0.197 e. The molecule has 0 saturated carbocycles. The monoisotopic (exact) mass is 285 g/mol. The molecule has 0 aliphatic rings. The predicted octanol–water partition coefficient (Wildman–Crippen LogP) is 1.41. The van der Waals surface area contributed by atoms with Gasteiger partial charge in [-0.05, 0) is 13.8 Å². The van der Waals surface area contributed by atoms with Crippen molar-refractivity contribution in [1.82, 2.24) is 9.88 Å². The molecule has 0 aliphatic heterocycles. The summed E-state index contributed by atoms with van der Waals surface area (Å²) < 4.78 is 28.3. The molecule has 0 N–H and O–H groups in total. The van der Waals surface area contributed by atoms with Crippen LogP contribution in [-0.4, -0.2) is 51.6 Å². The summed E-state index contributed by atoms with van der Waals surface area (Å²) in [7, 11) is -0.113. The lowest BCUT2D eigenvalue weighted by atomic mass is 10.3. The summed E-state index contributed by atoms with van der Waals surface area (Å²) in [6.45, 7) is 4.55. The molecule has 0 spiro atoms. The Balaban J connectivity index is 3.28. The van der Waals surface area contributed by atoms with Gasteiger partial charge in [-0.3, -0.25) is 0 Å². The van der Waals surface area contributed by atoms with E-state index in [-0.39, 0.29) is 10.8 Å². The highest BCUT2D eigenvalue weighted by Gasteiger charge is 2.18. The summed E-state index contributed by atoms with van der Waals surface area (Å²) in [6, 6.07) is 1.58. The Kier molecular flexibility index (Phi) is 4.88. The fourth-order valence-corrected chi connectivity index (χ4v) is 2.15. The van der Waals surface area contributed by atoms with Crippen LogP contribution in [0.1, 0.15) is 12.6 Å². The van der Waals surface area contributed by atoms with Gasteiger partial charge in [-0.2, -0.15) is 0 Å². The first-order valence-electron chi connectivity index (χ1n) is 5.79. The standard InChI is InChI=1S/C12H19N3O3S/c1-6-15(3)8-13-10-7-11(18-4)12(14-9(10)2)19(5,16)17/h7-8H,6H2,1-5H3. The van der Waals surface area contributed by atoms with E-state index in [2.05, 4.69) is 9.98 Å². The molecular formula is C12H19N3O3S. The van der Waals surface area contributed by atoms with Crippen LogP contribution in [0, 0.1) is 6.92 Å². The van der Waals surface area contributed by atoms with Gasteiger partial charge in [0.1, 0.15) is 0 Å². The minimum atomic E-state index is -3.42. The van der Waals surface area contributed by atoms with Gasteiger partial charge in [0.15, 0.2) is 20.6 Å². The molecule has 1 aromatic heterocycles. The van der Waals surface area contributed by atoms with Crippen molar-refractivity contribution < 1.29 is 13.2 Å². The van der Waals surface area contributed by atoms with Crippen LogP contribution in [0.5, 0.6) is 5.75 Å². The van der Waals surface area contributed by atoms with Crippen LogP contribution >= 0.6 is 0 Å². The summed E-state index contributed by atoms with van der Waals surface area (Å²) in [6.07, 6.45) is 2.77. The lowest BCUT2D eigenvalue weighted by Crippen LogP contribution is -2.14. The number of rotatable bonds is 5. The fourth-order valence-electron chi connectivity index (χ4n) is 1.34. The molecule has 1 heterocycles. The molecule has 0 bridgehead atoms. The Morgan fingerprint density at radius 2 is 2.16 bits per heavy atom. The molecule has 0 aliphatic carbocycles. The highest BCUT2D eigenvalue weighted by Crippen LogP contribution is 2.28. The second kappa shape index (κ2) is 6.01. The number of aliphatic imine (C=N–C) groups is 1. The van der Waals surface area contributed by atoms with Crippen molar-refractivity contribution >= 4 is 21.9 Å². The quantitative estimate of drug-likeness (QED) is 0.604. The Labute approximate surface area is 114 Å². The number of pyridine rings is 1. The van der Waals surface area contributed by atoms with Crippen LogP contribution < -0.4 is 4.74 Å². The van der Waals surface area contributed by atoms with E-state index in [0.717, 1.165) is 12.8 Å². The minimum absolute atomic E-state index is 0.0599. The number of aryl methyl sites for hydroxylation is 1. The van der Waals surface area contributed by atoms with Crippen LogP contribution in [0.3, 0.4) is 0 Å². The number of ether oxygens (including phenoxy) is 1. The average molecular weight is 285 g/mol. The number of hydrogen-bond acceptors (Lipinski definition) is 5. The van der Waals surface area contributed by atoms with Gasteiger partial charge in [-0.15, -0.1) is 0 Å². The summed E-state index contributed by atoms with van der Waals surface area (Å²) in [4.78, 5) is 10.2. The third-order valence-electron chi connectivity index (χ3n) is 2.58. The molecule has 0 radical (unpaired) electrons. The molecule has 106 valence electrons. The third-order valence-corrected chi connectivity index (χ3v) is 3.58. The molecule has 1 aromatic rings. The second-order valence-corrected chi connectivity index (χ2v) is 6.12. The van der Waals surface area contributed by atoms with Crippen molar-refractivity contribution in [3.05, 3.63) is 11.8 Å². The Morgan fingerprint density at radius 3 is 2.63 bits per heavy atom. The van der Waals surface area contributed by atoms with Crippen LogP contribution in [0.25, 0.3) is 0 Å². The molecule has 0 fully saturated rings. The van der Waals surface area contributed by atoms with E-state index < -0.39 is 9.84 Å². The van der Waals surface area contributed by atoms with E-state index >= 15 is 0 Å². The molecule has 0 unspecified atom stereocenters. The van der Waals surface area contributed by atoms with Crippen molar-refractivity contribution in [3.8, 4) is 5.75 Å². The van der Waals surface area contributed by atoms with Crippen molar-refractivity contribution in [2.45, 2.75) is 18.9 Å². The van der Waals surface area contributed by atoms with E-state index in [9.17, 15) is 8.42 Å². The summed E-state index contributed by atoms with van der Waals surface area (Å²) in [5.41, 5.74) is 1.13. The highest BCUT2D eigenvalue weighted by atomic mass is 32.2. The van der Waals surface area contributed by atoms with Gasteiger partial charge in [-0.1, -0.05) is 0 Å². The SMILES string of the molecule is CCN(C)C=Nc1cc(OC)c(S(C)(=O)=O)nc1C. The first kappa shape index (κ1) is 15.4. The highest BCUT2D eigenvalue weighted by molar-refractivity contribution is 7.90. The molecule has 6 nitrogen and oxygen atoms in total. The fraction of sp³-hybridized carbons (Fsp3) is 0.500. The first-order valence-corrected chi connectivity index (χ1v) is 7.68. The molecule has 0 amide bonds. The molecular weight excluding hydrogens is 266 g/mol. The van der Waals surface area contributed by atoms with Crippen molar-refractivity contribution in [2.24, 2.45) is 4.99 Å². The van der Waals surface area contributed by atoms with Crippen LogP contribution in [-0.2, 0) is 9.84 Å². The van der Waals surface area contributed by atoms with E-state index in [4.69, 9.17) is 4.74 Å². The van der Waals surface area contributed by atoms with E-state index in [1.165, 1.54) is 7.11 Å². The number of nitrogens with zero attached hydrogens (tertiary/aromatic N) is 3. The molecule has 0 aromatic carbocycles. The molecule has 7 heteroatoms. The van der Waals surface area contributed by atoms with Gasteiger partial charge in [0.2, 0.25) is 0 Å². The van der Waals surface area contributed by atoms with Crippen molar-refractivity contribution in [3.63, 3.8) is 0 Å². The molecule has 19 heavy (non-hydrogen) atoms. The topological polar surface area (TPSA) is 71.9 Å². The minimum Gasteiger partial charge on any atom is -0.494 e.